The average molecular weight is 388 g/mol. The van der Waals surface area contributed by atoms with E-state index in [2.05, 4.69) is 20.6 Å². The third-order valence-electron chi connectivity index (χ3n) is 4.03. The number of amides is 2. The lowest BCUT2D eigenvalue weighted by atomic mass is 10.0. The van der Waals surface area contributed by atoms with Crippen LogP contribution in [0.4, 0.5) is 4.79 Å². The molecule has 1 aromatic carbocycles. The van der Waals surface area contributed by atoms with Crippen LogP contribution in [0.5, 0.6) is 0 Å². The first-order valence-electron chi connectivity index (χ1n) is 8.84. The molecule has 0 spiro atoms. The van der Waals surface area contributed by atoms with Gasteiger partial charge >= 0.3 is 12.1 Å². The Bertz CT molecular complexity index is 777. The molecule has 1 aromatic heterocycles. The largest absolute Gasteiger partial charge is 0.480 e. The summed E-state index contributed by atoms with van der Waals surface area (Å²) in [4.78, 5) is 42.9. The van der Waals surface area contributed by atoms with Gasteiger partial charge in [-0.25, -0.2) is 14.6 Å². The van der Waals surface area contributed by atoms with Crippen LogP contribution in [0.2, 0.25) is 0 Å². The van der Waals surface area contributed by atoms with E-state index in [0.29, 0.717) is 5.69 Å². The second-order valence-electron chi connectivity index (χ2n) is 6.61. The predicted octanol–water partition coefficient (Wildman–Crippen LogP) is 1.47. The van der Waals surface area contributed by atoms with E-state index in [1.165, 1.54) is 12.5 Å². The monoisotopic (exact) mass is 388 g/mol. The predicted molar refractivity (Wildman–Crippen MR) is 100 cm³/mol. The number of ether oxygens (including phenoxy) is 1. The fourth-order valence-corrected chi connectivity index (χ4v) is 2.50. The zero-order valence-corrected chi connectivity index (χ0v) is 15.7. The molecule has 2 amide bonds. The Kier molecular flexibility index (Phi) is 7.55. The number of imidazole rings is 1. The second kappa shape index (κ2) is 10.1. The van der Waals surface area contributed by atoms with Gasteiger partial charge in [0.25, 0.3) is 0 Å². The number of alkyl carbamates (subject to hydrolysis) is 1. The van der Waals surface area contributed by atoms with Crippen LogP contribution < -0.4 is 10.6 Å². The highest BCUT2D eigenvalue weighted by Crippen LogP contribution is 2.06. The summed E-state index contributed by atoms with van der Waals surface area (Å²) in [5, 5.41) is 14.2. The number of aromatic amines is 1. The van der Waals surface area contributed by atoms with Crippen molar-refractivity contribution in [3.63, 3.8) is 0 Å². The van der Waals surface area contributed by atoms with Gasteiger partial charge in [0.05, 0.1) is 6.33 Å². The Hall–Kier alpha value is -3.36. The van der Waals surface area contributed by atoms with E-state index in [4.69, 9.17) is 4.74 Å². The van der Waals surface area contributed by atoms with Gasteiger partial charge in [-0.3, -0.25) is 4.79 Å². The number of nitrogens with one attached hydrogen (secondary N) is 3. The standard InChI is InChI=1S/C19H24N4O5/c1-12(2)16(18(25)26)23-17(24)15(8-14-9-20-11-21-14)22-19(27)28-10-13-6-4-3-5-7-13/h3-7,9,11-12,15-16H,8,10H2,1-2H3,(H,20,21)(H,22,27)(H,23,24)(H,25,26)/t15-,16+/m0/s1. The summed E-state index contributed by atoms with van der Waals surface area (Å²) in [5.74, 6) is -2.08. The number of carbonyl (C=O) groups is 3. The lowest BCUT2D eigenvalue weighted by Gasteiger charge is -2.22. The van der Waals surface area contributed by atoms with E-state index in [-0.39, 0.29) is 18.9 Å². The number of carboxylic acid groups (broad SMARTS) is 1. The molecule has 28 heavy (non-hydrogen) atoms. The maximum atomic E-state index is 12.6. The lowest BCUT2D eigenvalue weighted by molar-refractivity contribution is -0.143. The van der Waals surface area contributed by atoms with Gasteiger partial charge < -0.3 is 25.5 Å². The van der Waals surface area contributed by atoms with Crippen molar-refractivity contribution in [2.45, 2.75) is 39.0 Å². The molecular formula is C19H24N4O5. The van der Waals surface area contributed by atoms with Crippen LogP contribution >= 0.6 is 0 Å². The minimum absolute atomic E-state index is 0.0504. The van der Waals surface area contributed by atoms with Gasteiger partial charge in [-0.15, -0.1) is 0 Å². The number of carboxylic acids is 1. The summed E-state index contributed by atoms with van der Waals surface area (Å²) in [7, 11) is 0. The first kappa shape index (κ1) is 20.9. The SMILES string of the molecule is CC(C)[C@@H](NC(=O)[C@H](Cc1cnc[nH]1)NC(=O)OCc1ccccc1)C(=O)O. The molecule has 1 heterocycles. The highest BCUT2D eigenvalue weighted by molar-refractivity contribution is 5.89. The van der Waals surface area contributed by atoms with Crippen molar-refractivity contribution in [2.75, 3.05) is 0 Å². The molecule has 2 atom stereocenters. The number of nitrogens with zero attached hydrogens (tertiary/aromatic N) is 1. The van der Waals surface area contributed by atoms with Crippen molar-refractivity contribution in [2.24, 2.45) is 5.92 Å². The summed E-state index contributed by atoms with van der Waals surface area (Å²) in [6.45, 7) is 3.42. The minimum atomic E-state index is -1.14. The van der Waals surface area contributed by atoms with Crippen molar-refractivity contribution < 1.29 is 24.2 Å². The van der Waals surface area contributed by atoms with Crippen LogP contribution in [0.1, 0.15) is 25.1 Å². The molecule has 0 aliphatic rings. The van der Waals surface area contributed by atoms with Crippen molar-refractivity contribution >= 4 is 18.0 Å². The van der Waals surface area contributed by atoms with Crippen molar-refractivity contribution in [1.29, 1.82) is 0 Å². The van der Waals surface area contributed by atoms with Crippen molar-refractivity contribution in [3.05, 3.63) is 54.1 Å². The topological polar surface area (TPSA) is 133 Å². The number of aliphatic carboxylic acids is 1. The normalized spacial score (nSPS) is 12.8. The van der Waals surface area contributed by atoms with Crippen LogP contribution in [0.15, 0.2) is 42.9 Å². The Morgan fingerprint density at radius 2 is 1.89 bits per heavy atom. The lowest BCUT2D eigenvalue weighted by Crippen LogP contribution is -2.54. The van der Waals surface area contributed by atoms with Gasteiger partial charge in [-0.1, -0.05) is 44.2 Å². The number of benzene rings is 1. The smallest absolute Gasteiger partial charge is 0.408 e. The average Bonchev–Trinajstić information content (AvgIpc) is 3.17. The molecule has 2 rings (SSSR count). The first-order chi connectivity index (χ1) is 13.4. The molecule has 4 N–H and O–H groups in total. The molecule has 9 nitrogen and oxygen atoms in total. The quantitative estimate of drug-likeness (QED) is 0.514. The third-order valence-corrected chi connectivity index (χ3v) is 4.03. The first-order valence-corrected chi connectivity index (χ1v) is 8.84. The van der Waals surface area contributed by atoms with Crippen LogP contribution in [0, 0.1) is 5.92 Å². The summed E-state index contributed by atoms with van der Waals surface area (Å²) < 4.78 is 5.16. The van der Waals surface area contributed by atoms with Crippen LogP contribution in [0.25, 0.3) is 0 Å². The summed E-state index contributed by atoms with van der Waals surface area (Å²) in [6, 6.07) is 7.02. The molecule has 0 aliphatic carbocycles. The minimum Gasteiger partial charge on any atom is -0.480 e. The fraction of sp³-hybridized carbons (Fsp3) is 0.368. The molecule has 0 bridgehead atoms. The molecule has 0 fully saturated rings. The van der Waals surface area contributed by atoms with E-state index in [9.17, 15) is 19.5 Å². The molecular weight excluding hydrogens is 364 g/mol. The zero-order valence-electron chi connectivity index (χ0n) is 15.7. The number of carbonyl (C=O) groups excluding carboxylic acids is 2. The van der Waals surface area contributed by atoms with E-state index in [1.54, 1.807) is 13.8 Å². The van der Waals surface area contributed by atoms with E-state index >= 15 is 0 Å². The van der Waals surface area contributed by atoms with Crippen molar-refractivity contribution in [3.8, 4) is 0 Å². The van der Waals surface area contributed by atoms with Gasteiger partial charge in [-0.2, -0.15) is 0 Å². The van der Waals surface area contributed by atoms with Gasteiger partial charge in [0.15, 0.2) is 0 Å². The summed E-state index contributed by atoms with van der Waals surface area (Å²) >= 11 is 0. The van der Waals surface area contributed by atoms with Crippen LogP contribution in [0.3, 0.4) is 0 Å². The number of H-pyrrole nitrogens is 1. The summed E-state index contributed by atoms with van der Waals surface area (Å²) in [5.41, 5.74) is 1.41. The Labute approximate surface area is 162 Å². The van der Waals surface area contributed by atoms with E-state index < -0.39 is 30.1 Å². The van der Waals surface area contributed by atoms with Gasteiger partial charge in [-0.05, 0) is 11.5 Å². The van der Waals surface area contributed by atoms with Gasteiger partial charge in [0.1, 0.15) is 18.7 Å². The fourth-order valence-electron chi connectivity index (χ4n) is 2.50. The van der Waals surface area contributed by atoms with Crippen LogP contribution in [-0.4, -0.2) is 45.1 Å². The molecule has 0 saturated heterocycles. The maximum Gasteiger partial charge on any atom is 0.408 e. The van der Waals surface area contributed by atoms with Gasteiger partial charge in [0, 0.05) is 18.3 Å². The maximum absolute atomic E-state index is 12.6. The number of rotatable bonds is 9. The van der Waals surface area contributed by atoms with E-state index in [0.717, 1.165) is 5.56 Å². The number of aromatic nitrogens is 2. The molecule has 2 aromatic rings. The Balaban J connectivity index is 2.02. The molecule has 0 unspecified atom stereocenters. The Morgan fingerprint density at radius 3 is 2.46 bits per heavy atom. The Morgan fingerprint density at radius 1 is 1.18 bits per heavy atom. The third kappa shape index (κ3) is 6.42. The van der Waals surface area contributed by atoms with Crippen LogP contribution in [-0.2, 0) is 27.4 Å². The number of hydrogen-bond acceptors (Lipinski definition) is 5. The second-order valence-corrected chi connectivity index (χ2v) is 6.61. The molecule has 0 aliphatic heterocycles. The van der Waals surface area contributed by atoms with E-state index in [1.807, 2.05) is 30.3 Å². The summed E-state index contributed by atoms with van der Waals surface area (Å²) in [6.07, 6.45) is 2.30. The highest BCUT2D eigenvalue weighted by atomic mass is 16.5. The molecule has 9 heteroatoms. The molecule has 0 saturated carbocycles. The van der Waals surface area contributed by atoms with Gasteiger partial charge in [0.2, 0.25) is 5.91 Å². The number of hydrogen-bond donors (Lipinski definition) is 4. The molecule has 0 radical (unpaired) electrons. The highest BCUT2D eigenvalue weighted by Gasteiger charge is 2.29. The zero-order chi connectivity index (χ0) is 20.5. The van der Waals surface area contributed by atoms with Crippen molar-refractivity contribution in [1.82, 2.24) is 20.6 Å². The molecule has 150 valence electrons.